The van der Waals surface area contributed by atoms with Gasteiger partial charge in [-0.3, -0.25) is 14.7 Å². The first-order valence-corrected chi connectivity index (χ1v) is 13.6. The molecular formula is C29H22N4O2S2. The summed E-state index contributed by atoms with van der Waals surface area (Å²) in [5, 5.41) is 3.43. The molecule has 0 saturated heterocycles. The van der Waals surface area contributed by atoms with E-state index in [2.05, 4.69) is 4.98 Å². The quantitative estimate of drug-likeness (QED) is 0.222. The Hall–Kier alpha value is -4.14. The molecule has 182 valence electrons. The molecule has 0 unspecified atom stereocenters. The Morgan fingerprint density at radius 2 is 1.92 bits per heavy atom. The van der Waals surface area contributed by atoms with E-state index in [1.807, 2.05) is 85.1 Å². The number of thiazole rings is 1. The molecule has 6 nitrogen and oxygen atoms in total. The lowest BCUT2D eigenvalue weighted by atomic mass is 10.1. The number of carbonyl (C=O) groups is 1. The first-order chi connectivity index (χ1) is 18.2. The number of ether oxygens (including phenoxy) is 1. The van der Waals surface area contributed by atoms with E-state index in [1.165, 1.54) is 11.3 Å². The van der Waals surface area contributed by atoms with E-state index in [0.29, 0.717) is 29.6 Å². The number of amides is 1. The summed E-state index contributed by atoms with van der Waals surface area (Å²) in [4.78, 5) is 31.1. The van der Waals surface area contributed by atoms with Crippen LogP contribution in [0.3, 0.4) is 0 Å². The average molecular weight is 523 g/mol. The van der Waals surface area contributed by atoms with Crippen molar-refractivity contribution >= 4 is 54.8 Å². The lowest BCUT2D eigenvalue weighted by Crippen LogP contribution is -2.30. The van der Waals surface area contributed by atoms with Gasteiger partial charge in [0, 0.05) is 17.8 Å². The molecule has 0 N–H and O–H groups in total. The molecule has 0 aliphatic carbocycles. The van der Waals surface area contributed by atoms with Gasteiger partial charge in [-0.2, -0.15) is 0 Å². The number of anilines is 1. The van der Waals surface area contributed by atoms with Gasteiger partial charge >= 0.3 is 0 Å². The van der Waals surface area contributed by atoms with Crippen molar-refractivity contribution in [2.45, 2.75) is 13.5 Å². The molecule has 2 aromatic carbocycles. The summed E-state index contributed by atoms with van der Waals surface area (Å²) >= 11 is 3.08. The predicted molar refractivity (Wildman–Crippen MR) is 151 cm³/mol. The third kappa shape index (κ3) is 4.57. The van der Waals surface area contributed by atoms with Crippen molar-refractivity contribution in [2.24, 2.45) is 0 Å². The number of hydrogen-bond donors (Lipinski definition) is 0. The minimum atomic E-state index is -0.141. The fourth-order valence-corrected chi connectivity index (χ4v) is 5.91. The molecule has 0 aliphatic rings. The van der Waals surface area contributed by atoms with Gasteiger partial charge in [-0.25, -0.2) is 9.97 Å². The van der Waals surface area contributed by atoms with E-state index in [4.69, 9.17) is 14.7 Å². The Kier molecular flexibility index (Phi) is 6.34. The molecule has 0 spiro atoms. The summed E-state index contributed by atoms with van der Waals surface area (Å²) in [5.74, 6) is 0.572. The van der Waals surface area contributed by atoms with Crippen molar-refractivity contribution in [2.75, 3.05) is 11.5 Å². The number of carbonyl (C=O) groups excluding carboxylic acids is 1. The van der Waals surface area contributed by atoms with Gasteiger partial charge in [0.1, 0.15) is 11.3 Å². The number of para-hydroxylation sites is 2. The highest BCUT2D eigenvalue weighted by Crippen LogP contribution is 2.36. The van der Waals surface area contributed by atoms with Gasteiger partial charge in [0.15, 0.2) is 5.13 Å². The highest BCUT2D eigenvalue weighted by molar-refractivity contribution is 7.22. The standard InChI is InChI=1S/C29H22N4O2S2/c1-2-35-24-11-5-12-26-27(24)32-29(37-26)33(18-19-8-6-14-30-17-19)28(34)21-16-23(25-13-7-15-36-25)31-22-10-4-3-9-20(21)22/h3-17H,2,18H2,1H3. The maximum atomic E-state index is 14.4. The SMILES string of the molecule is CCOc1cccc2sc(N(Cc3cccnc3)C(=O)c3cc(-c4cccs4)nc4ccccc34)nc12. The Labute approximate surface area is 221 Å². The maximum Gasteiger partial charge on any atom is 0.261 e. The minimum absolute atomic E-state index is 0.141. The molecule has 0 radical (unpaired) electrons. The van der Waals surface area contributed by atoms with Crippen LogP contribution in [-0.4, -0.2) is 27.5 Å². The van der Waals surface area contributed by atoms with Crippen LogP contribution in [0.25, 0.3) is 31.7 Å². The number of aromatic nitrogens is 3. The number of nitrogens with zero attached hydrogens (tertiary/aromatic N) is 4. The van der Waals surface area contributed by atoms with Crippen LogP contribution in [0.15, 0.2) is 90.6 Å². The molecule has 1 amide bonds. The summed E-state index contributed by atoms with van der Waals surface area (Å²) < 4.78 is 6.78. The van der Waals surface area contributed by atoms with Crippen LogP contribution in [0.5, 0.6) is 5.75 Å². The zero-order valence-corrected chi connectivity index (χ0v) is 21.6. The fourth-order valence-electron chi connectivity index (χ4n) is 4.25. The van der Waals surface area contributed by atoms with Crippen LogP contribution in [0.2, 0.25) is 0 Å². The summed E-state index contributed by atoms with van der Waals surface area (Å²) in [5.41, 5.74) is 3.81. The monoisotopic (exact) mass is 522 g/mol. The first kappa shape index (κ1) is 23.3. The molecule has 37 heavy (non-hydrogen) atoms. The maximum absolute atomic E-state index is 14.4. The van der Waals surface area contributed by atoms with Crippen LogP contribution in [0.1, 0.15) is 22.8 Å². The number of rotatable bonds is 7. The highest BCUT2D eigenvalue weighted by atomic mass is 32.1. The Balaban J connectivity index is 1.51. The van der Waals surface area contributed by atoms with Crippen LogP contribution >= 0.6 is 22.7 Å². The largest absolute Gasteiger partial charge is 0.492 e. The molecule has 4 aromatic heterocycles. The number of thiophene rings is 1. The van der Waals surface area contributed by atoms with E-state index in [0.717, 1.165) is 37.3 Å². The molecule has 6 rings (SSSR count). The van der Waals surface area contributed by atoms with E-state index >= 15 is 0 Å². The zero-order chi connectivity index (χ0) is 25.2. The van der Waals surface area contributed by atoms with Crippen LogP contribution in [0.4, 0.5) is 5.13 Å². The first-order valence-electron chi connectivity index (χ1n) is 11.9. The molecule has 0 atom stereocenters. The Morgan fingerprint density at radius 1 is 1.00 bits per heavy atom. The lowest BCUT2D eigenvalue weighted by molar-refractivity contribution is 0.0986. The second-order valence-electron chi connectivity index (χ2n) is 8.33. The Bertz CT molecular complexity index is 1700. The number of hydrogen-bond acceptors (Lipinski definition) is 7. The van der Waals surface area contributed by atoms with Gasteiger partial charge < -0.3 is 4.74 Å². The van der Waals surface area contributed by atoms with Gasteiger partial charge in [0.25, 0.3) is 5.91 Å². The third-order valence-corrected chi connectivity index (χ3v) is 7.87. The average Bonchev–Trinajstić information content (AvgIpc) is 3.63. The van der Waals surface area contributed by atoms with E-state index < -0.39 is 0 Å². The van der Waals surface area contributed by atoms with Crippen molar-refractivity contribution in [1.29, 1.82) is 0 Å². The normalized spacial score (nSPS) is 11.2. The number of fused-ring (bicyclic) bond motifs is 2. The van der Waals surface area contributed by atoms with Gasteiger partial charge in [-0.1, -0.05) is 47.7 Å². The molecule has 0 saturated carbocycles. The summed E-state index contributed by atoms with van der Waals surface area (Å²) in [6.07, 6.45) is 3.51. The van der Waals surface area contributed by atoms with Gasteiger partial charge in [0.2, 0.25) is 0 Å². The minimum Gasteiger partial charge on any atom is -0.492 e. The van der Waals surface area contributed by atoms with Gasteiger partial charge in [-0.05, 0) is 54.3 Å². The van der Waals surface area contributed by atoms with Gasteiger partial charge in [-0.15, -0.1) is 11.3 Å². The van der Waals surface area contributed by atoms with Crippen molar-refractivity contribution < 1.29 is 9.53 Å². The molecule has 8 heteroatoms. The second-order valence-corrected chi connectivity index (χ2v) is 10.3. The third-order valence-electron chi connectivity index (χ3n) is 5.93. The van der Waals surface area contributed by atoms with Crippen molar-refractivity contribution in [3.05, 3.63) is 102 Å². The van der Waals surface area contributed by atoms with Crippen molar-refractivity contribution in [3.8, 4) is 16.3 Å². The topological polar surface area (TPSA) is 68.2 Å². The van der Waals surface area contributed by atoms with E-state index in [9.17, 15) is 4.79 Å². The molecule has 6 aromatic rings. The summed E-state index contributed by atoms with van der Waals surface area (Å²) in [6, 6.07) is 23.4. The van der Waals surface area contributed by atoms with Crippen LogP contribution in [0, 0.1) is 0 Å². The second kappa shape index (κ2) is 10.1. The van der Waals surface area contributed by atoms with E-state index in [1.54, 1.807) is 28.6 Å². The Morgan fingerprint density at radius 3 is 2.73 bits per heavy atom. The molecule has 0 aliphatic heterocycles. The smallest absolute Gasteiger partial charge is 0.261 e. The predicted octanol–water partition coefficient (Wildman–Crippen LogP) is 7.21. The van der Waals surface area contributed by atoms with Crippen molar-refractivity contribution in [3.63, 3.8) is 0 Å². The zero-order valence-electron chi connectivity index (χ0n) is 20.0. The lowest BCUT2D eigenvalue weighted by Gasteiger charge is -2.21. The molecule has 4 heterocycles. The number of pyridine rings is 2. The van der Waals surface area contributed by atoms with Gasteiger partial charge in [0.05, 0.1) is 39.5 Å². The van der Waals surface area contributed by atoms with E-state index in [-0.39, 0.29) is 5.91 Å². The number of benzene rings is 2. The molecule has 0 bridgehead atoms. The van der Waals surface area contributed by atoms with Crippen molar-refractivity contribution in [1.82, 2.24) is 15.0 Å². The molecule has 0 fully saturated rings. The molecular weight excluding hydrogens is 500 g/mol. The highest BCUT2D eigenvalue weighted by Gasteiger charge is 2.25. The van der Waals surface area contributed by atoms with Crippen LogP contribution in [-0.2, 0) is 6.54 Å². The van der Waals surface area contributed by atoms with Crippen LogP contribution < -0.4 is 9.64 Å². The fraction of sp³-hybridized carbons (Fsp3) is 0.103. The summed E-state index contributed by atoms with van der Waals surface area (Å²) in [6.45, 7) is 2.82. The summed E-state index contributed by atoms with van der Waals surface area (Å²) in [7, 11) is 0.